The van der Waals surface area contributed by atoms with Crippen molar-refractivity contribution in [3.8, 4) is 0 Å². The molecular weight excluding hydrogens is 409 g/mol. The normalized spacial score (nSPS) is 24.3. The van der Waals surface area contributed by atoms with Crippen LogP contribution in [-0.4, -0.2) is 30.3 Å². The first-order chi connectivity index (χ1) is 12.2. The SMILES string of the molecule is C[C@@H]1CN(c2cc3c(Br)cc(C(F)(F)F)cc3nc2C2CC2)C[C@H](C)O1. The van der Waals surface area contributed by atoms with Crippen molar-refractivity contribution in [2.24, 2.45) is 0 Å². The van der Waals surface area contributed by atoms with Crippen LogP contribution in [0.4, 0.5) is 18.9 Å². The lowest BCUT2D eigenvalue weighted by molar-refractivity contribution is -0.137. The zero-order chi connectivity index (χ0) is 18.6. The van der Waals surface area contributed by atoms with Gasteiger partial charge >= 0.3 is 6.18 Å². The van der Waals surface area contributed by atoms with E-state index in [4.69, 9.17) is 4.74 Å². The van der Waals surface area contributed by atoms with Crippen LogP contribution in [0, 0.1) is 0 Å². The van der Waals surface area contributed by atoms with Crippen LogP contribution in [0.3, 0.4) is 0 Å². The summed E-state index contributed by atoms with van der Waals surface area (Å²) < 4.78 is 45.7. The molecule has 0 unspecified atom stereocenters. The minimum Gasteiger partial charge on any atom is -0.372 e. The van der Waals surface area contributed by atoms with Crippen LogP contribution in [0.5, 0.6) is 0 Å². The van der Waals surface area contributed by atoms with E-state index in [2.05, 4.69) is 25.8 Å². The van der Waals surface area contributed by atoms with Gasteiger partial charge in [-0.2, -0.15) is 13.2 Å². The Balaban J connectivity index is 1.85. The van der Waals surface area contributed by atoms with Crippen molar-refractivity contribution in [3.63, 3.8) is 0 Å². The first-order valence-electron chi connectivity index (χ1n) is 8.84. The second-order valence-corrected chi connectivity index (χ2v) is 8.21. The fraction of sp³-hybridized carbons (Fsp3) is 0.526. The second kappa shape index (κ2) is 6.37. The molecule has 2 fully saturated rings. The second-order valence-electron chi connectivity index (χ2n) is 7.35. The van der Waals surface area contributed by atoms with Crippen LogP contribution in [0.25, 0.3) is 10.9 Å². The number of benzene rings is 1. The number of ether oxygens (including phenoxy) is 1. The standard InChI is InChI=1S/C19H20BrF3N2O/c1-10-8-25(9-11(2)26-10)17-7-14-15(20)5-13(19(21,22)23)6-16(14)24-18(17)12-3-4-12/h5-7,10-12H,3-4,8-9H2,1-2H3/t10-,11+. The minimum absolute atomic E-state index is 0.109. The molecule has 140 valence electrons. The number of halogens is 4. The molecule has 0 N–H and O–H groups in total. The van der Waals surface area contributed by atoms with E-state index in [1.165, 1.54) is 0 Å². The molecular formula is C19H20BrF3N2O. The molecule has 1 saturated heterocycles. The minimum atomic E-state index is -4.38. The maximum Gasteiger partial charge on any atom is 0.416 e. The van der Waals surface area contributed by atoms with Gasteiger partial charge in [-0.1, -0.05) is 15.9 Å². The molecule has 1 aromatic carbocycles. The molecule has 0 bridgehead atoms. The Morgan fingerprint density at radius 2 is 1.77 bits per heavy atom. The third-order valence-electron chi connectivity index (χ3n) is 4.94. The quantitative estimate of drug-likeness (QED) is 0.630. The third-order valence-corrected chi connectivity index (χ3v) is 5.60. The molecule has 3 nitrogen and oxygen atoms in total. The van der Waals surface area contributed by atoms with E-state index >= 15 is 0 Å². The molecule has 0 spiro atoms. The number of hydrogen-bond acceptors (Lipinski definition) is 3. The maximum absolute atomic E-state index is 13.2. The molecule has 7 heteroatoms. The van der Waals surface area contributed by atoms with Crippen LogP contribution in [0.15, 0.2) is 22.7 Å². The third kappa shape index (κ3) is 3.43. The number of alkyl halides is 3. The summed E-state index contributed by atoms with van der Waals surface area (Å²) in [6.07, 6.45) is -2.08. The molecule has 0 radical (unpaired) electrons. The van der Waals surface area contributed by atoms with Crippen LogP contribution in [-0.2, 0) is 10.9 Å². The largest absolute Gasteiger partial charge is 0.416 e. The smallest absolute Gasteiger partial charge is 0.372 e. The molecule has 0 amide bonds. The van der Waals surface area contributed by atoms with Crippen LogP contribution < -0.4 is 4.90 Å². The highest BCUT2D eigenvalue weighted by molar-refractivity contribution is 9.10. The number of fused-ring (bicyclic) bond motifs is 1. The van der Waals surface area contributed by atoms with Gasteiger partial charge in [0, 0.05) is 28.9 Å². The zero-order valence-electron chi connectivity index (χ0n) is 14.6. The zero-order valence-corrected chi connectivity index (χ0v) is 16.2. The average molecular weight is 429 g/mol. The van der Waals surface area contributed by atoms with Gasteiger partial charge in [0.1, 0.15) is 0 Å². The topological polar surface area (TPSA) is 25.4 Å². The van der Waals surface area contributed by atoms with Gasteiger partial charge in [0.25, 0.3) is 0 Å². The Morgan fingerprint density at radius 3 is 2.35 bits per heavy atom. The van der Waals surface area contributed by atoms with Gasteiger partial charge in [-0.15, -0.1) is 0 Å². The summed E-state index contributed by atoms with van der Waals surface area (Å²) in [5.41, 5.74) is 1.67. The highest BCUT2D eigenvalue weighted by Crippen LogP contribution is 2.46. The molecule has 1 aliphatic heterocycles. The van der Waals surface area contributed by atoms with Crippen molar-refractivity contribution >= 4 is 32.5 Å². The van der Waals surface area contributed by atoms with Crippen LogP contribution >= 0.6 is 15.9 Å². The number of anilines is 1. The Morgan fingerprint density at radius 1 is 1.12 bits per heavy atom. The molecule has 2 aliphatic rings. The summed E-state index contributed by atoms with van der Waals surface area (Å²) in [7, 11) is 0. The molecule has 1 aromatic heterocycles. The molecule has 1 saturated carbocycles. The van der Waals surface area contributed by atoms with E-state index in [1.807, 2.05) is 19.9 Å². The van der Waals surface area contributed by atoms with Gasteiger partial charge in [0.2, 0.25) is 0 Å². The molecule has 2 atom stereocenters. The van der Waals surface area contributed by atoms with Crippen molar-refractivity contribution < 1.29 is 17.9 Å². The fourth-order valence-corrected chi connectivity index (χ4v) is 4.25. The van der Waals surface area contributed by atoms with E-state index in [0.717, 1.165) is 49.4 Å². The van der Waals surface area contributed by atoms with Gasteiger partial charge in [-0.05, 0) is 44.9 Å². The summed E-state index contributed by atoms with van der Waals surface area (Å²) >= 11 is 3.32. The van der Waals surface area contributed by atoms with Crippen molar-refractivity contribution in [2.75, 3.05) is 18.0 Å². The number of nitrogens with zero attached hydrogens (tertiary/aromatic N) is 2. The van der Waals surface area contributed by atoms with Crippen LogP contribution in [0.1, 0.15) is 43.9 Å². The fourth-order valence-electron chi connectivity index (χ4n) is 3.69. The predicted molar refractivity (Wildman–Crippen MR) is 98.6 cm³/mol. The number of aromatic nitrogens is 1. The average Bonchev–Trinajstić information content (AvgIpc) is 3.36. The molecule has 26 heavy (non-hydrogen) atoms. The van der Waals surface area contributed by atoms with Crippen LogP contribution in [0.2, 0.25) is 0 Å². The van der Waals surface area contributed by atoms with Gasteiger partial charge in [-0.25, -0.2) is 0 Å². The van der Waals surface area contributed by atoms with Crippen molar-refractivity contribution in [2.45, 2.75) is 51.0 Å². The molecule has 1 aliphatic carbocycles. The van der Waals surface area contributed by atoms with Gasteiger partial charge in [0.15, 0.2) is 0 Å². The van der Waals surface area contributed by atoms with Crippen molar-refractivity contribution in [1.29, 1.82) is 0 Å². The first-order valence-corrected chi connectivity index (χ1v) is 9.63. The van der Waals surface area contributed by atoms with E-state index in [-0.39, 0.29) is 12.2 Å². The van der Waals surface area contributed by atoms with E-state index in [0.29, 0.717) is 21.3 Å². The summed E-state index contributed by atoms with van der Waals surface area (Å²) in [6, 6.07) is 4.28. The number of hydrogen-bond donors (Lipinski definition) is 0. The number of morpholine rings is 1. The lowest BCUT2D eigenvalue weighted by atomic mass is 10.1. The van der Waals surface area contributed by atoms with E-state index < -0.39 is 11.7 Å². The summed E-state index contributed by atoms with van der Waals surface area (Å²) in [5.74, 6) is 0.344. The number of rotatable bonds is 2. The summed E-state index contributed by atoms with van der Waals surface area (Å²) in [6.45, 7) is 5.60. The Bertz CT molecular complexity index is 841. The highest BCUT2D eigenvalue weighted by atomic mass is 79.9. The van der Waals surface area contributed by atoms with Crippen molar-refractivity contribution in [1.82, 2.24) is 4.98 Å². The number of pyridine rings is 1. The van der Waals surface area contributed by atoms with Crippen molar-refractivity contribution in [3.05, 3.63) is 33.9 Å². The van der Waals surface area contributed by atoms with Gasteiger partial charge in [-0.3, -0.25) is 4.98 Å². The molecule has 2 heterocycles. The maximum atomic E-state index is 13.2. The van der Waals surface area contributed by atoms with Gasteiger partial charge in [0.05, 0.1) is 34.7 Å². The van der Waals surface area contributed by atoms with E-state index in [1.54, 1.807) is 0 Å². The summed E-state index contributed by atoms with van der Waals surface area (Å²) in [4.78, 5) is 6.95. The van der Waals surface area contributed by atoms with E-state index in [9.17, 15) is 13.2 Å². The Hall–Kier alpha value is -1.34. The molecule has 2 aromatic rings. The lowest BCUT2D eigenvalue weighted by Crippen LogP contribution is -2.45. The highest BCUT2D eigenvalue weighted by Gasteiger charge is 2.34. The molecule has 4 rings (SSSR count). The monoisotopic (exact) mass is 428 g/mol. The predicted octanol–water partition coefficient (Wildman–Crippen LogP) is 5.51. The van der Waals surface area contributed by atoms with Gasteiger partial charge < -0.3 is 9.64 Å². The lowest BCUT2D eigenvalue weighted by Gasteiger charge is -2.37. The Labute approximate surface area is 158 Å². The first kappa shape index (κ1) is 18.0. The Kier molecular flexibility index (Phi) is 4.42. The summed E-state index contributed by atoms with van der Waals surface area (Å²) in [5, 5.41) is 0.712.